The summed E-state index contributed by atoms with van der Waals surface area (Å²) in [6, 6.07) is 7.84. The van der Waals surface area contributed by atoms with Crippen molar-refractivity contribution in [2.24, 2.45) is 9.81 Å². The van der Waals surface area contributed by atoms with Gasteiger partial charge in [-0.1, -0.05) is 58.9 Å². The summed E-state index contributed by atoms with van der Waals surface area (Å²) in [5.74, 6) is 1.01. The van der Waals surface area contributed by atoms with E-state index in [1.165, 1.54) is 5.56 Å². The van der Waals surface area contributed by atoms with Crippen molar-refractivity contribution >= 4 is 26.7 Å². The van der Waals surface area contributed by atoms with Crippen LogP contribution in [0.15, 0.2) is 34.2 Å². The van der Waals surface area contributed by atoms with Gasteiger partial charge in [-0.2, -0.15) is 8.42 Å². The molecule has 1 fully saturated rings. The number of amidine groups is 1. The minimum absolute atomic E-state index is 0.0810. The fourth-order valence-electron chi connectivity index (χ4n) is 3.98. The molecule has 0 aliphatic carbocycles. The van der Waals surface area contributed by atoms with Crippen LogP contribution < -0.4 is 5.32 Å². The Bertz CT molecular complexity index is 997. The molecule has 2 aliphatic rings. The molecule has 1 aromatic carbocycles. The summed E-state index contributed by atoms with van der Waals surface area (Å²) in [4.78, 5) is 14.8. The summed E-state index contributed by atoms with van der Waals surface area (Å²) < 4.78 is 29.9. The molecule has 170 valence electrons. The van der Waals surface area contributed by atoms with Gasteiger partial charge in [0.05, 0.1) is 0 Å². The number of carbonyl (C=O) groups excluding carboxylic acids is 1. The molecule has 7 heteroatoms. The first-order valence-corrected chi connectivity index (χ1v) is 12.6. The highest BCUT2D eigenvalue weighted by atomic mass is 32.2. The first-order chi connectivity index (χ1) is 14.5. The highest BCUT2D eigenvalue weighted by Gasteiger charge is 2.35. The van der Waals surface area contributed by atoms with E-state index in [9.17, 15) is 13.2 Å². The van der Waals surface area contributed by atoms with Gasteiger partial charge in [-0.3, -0.25) is 4.79 Å². The maximum atomic E-state index is 12.9. The second-order valence-electron chi connectivity index (χ2n) is 9.59. The molecular formula is C24H35N3O3S. The van der Waals surface area contributed by atoms with E-state index >= 15 is 0 Å². The monoisotopic (exact) mass is 445 g/mol. The summed E-state index contributed by atoms with van der Waals surface area (Å²) in [7, 11) is -3.72. The largest absolute Gasteiger partial charge is 0.356 e. The molecule has 1 saturated heterocycles. The molecule has 1 amide bonds. The Kier molecular flexibility index (Phi) is 6.65. The Labute approximate surface area is 186 Å². The molecule has 0 unspecified atom stereocenters. The van der Waals surface area contributed by atoms with Gasteiger partial charge in [0.2, 0.25) is 5.91 Å². The number of hydrogen-bond acceptors (Lipinski definition) is 4. The van der Waals surface area contributed by atoms with Crippen molar-refractivity contribution in [3.63, 3.8) is 0 Å². The minimum Gasteiger partial charge on any atom is -0.356 e. The number of amides is 1. The van der Waals surface area contributed by atoms with Gasteiger partial charge in [-0.15, -0.1) is 4.40 Å². The zero-order valence-electron chi connectivity index (χ0n) is 19.5. The number of hydrogen-bond donors (Lipinski definition) is 1. The smallest absolute Gasteiger partial charge is 0.285 e. The van der Waals surface area contributed by atoms with E-state index in [4.69, 9.17) is 0 Å². The van der Waals surface area contributed by atoms with E-state index in [0.29, 0.717) is 40.9 Å². The number of nitrogens with one attached hydrogen (secondary N) is 1. The van der Waals surface area contributed by atoms with Crippen LogP contribution in [0.1, 0.15) is 77.8 Å². The molecule has 0 bridgehead atoms. The molecule has 1 N–H and O–H groups in total. The van der Waals surface area contributed by atoms with Crippen LogP contribution in [-0.2, 0) is 14.8 Å². The van der Waals surface area contributed by atoms with E-state index in [-0.39, 0.29) is 17.4 Å². The zero-order valence-corrected chi connectivity index (χ0v) is 20.3. The minimum atomic E-state index is -3.72. The van der Waals surface area contributed by atoms with Gasteiger partial charge in [0.15, 0.2) is 0 Å². The summed E-state index contributed by atoms with van der Waals surface area (Å²) in [6.45, 7) is 13.3. The van der Waals surface area contributed by atoms with Gasteiger partial charge in [0, 0.05) is 30.1 Å². The highest BCUT2D eigenvalue weighted by molar-refractivity contribution is 8.00. The topological polar surface area (TPSA) is 78.8 Å². The lowest BCUT2D eigenvalue weighted by molar-refractivity contribution is -0.130. The molecule has 6 nitrogen and oxygen atoms in total. The lowest BCUT2D eigenvalue weighted by atomic mass is 9.88. The normalized spacial score (nSPS) is 19.7. The van der Waals surface area contributed by atoms with Crippen LogP contribution in [0.4, 0.5) is 0 Å². The molecule has 3 rings (SSSR count). The van der Waals surface area contributed by atoms with Crippen molar-refractivity contribution in [3.05, 3.63) is 41.0 Å². The average Bonchev–Trinajstić information content (AvgIpc) is 2.97. The number of nitrogens with zero attached hydrogens (tertiary/aromatic N) is 2. The first kappa shape index (κ1) is 23.5. The van der Waals surface area contributed by atoms with Crippen molar-refractivity contribution in [3.8, 4) is 0 Å². The maximum absolute atomic E-state index is 12.9. The molecule has 1 aromatic rings. The van der Waals surface area contributed by atoms with Crippen LogP contribution in [0.5, 0.6) is 0 Å². The van der Waals surface area contributed by atoms with Crippen molar-refractivity contribution in [2.75, 3.05) is 13.1 Å². The zero-order chi connectivity index (χ0) is 23.0. The van der Waals surface area contributed by atoms with Gasteiger partial charge in [-0.05, 0) is 43.2 Å². The SMILES string of the molecule is CCC(C)(C)C(=O)NC1CCN(C2=NS(=O)(=O)C(c3ccc(C(C)C)cc3)=C2C)CC1. The van der Waals surface area contributed by atoms with Crippen LogP contribution in [0.3, 0.4) is 0 Å². The Morgan fingerprint density at radius 3 is 2.29 bits per heavy atom. The average molecular weight is 446 g/mol. The fourth-order valence-corrected chi connectivity index (χ4v) is 5.46. The second-order valence-corrected chi connectivity index (χ2v) is 11.1. The fraction of sp³-hybridized carbons (Fsp3) is 0.583. The van der Waals surface area contributed by atoms with Crippen LogP contribution in [-0.4, -0.2) is 44.2 Å². The van der Waals surface area contributed by atoms with Crippen molar-refractivity contribution in [1.82, 2.24) is 10.2 Å². The molecule has 0 spiro atoms. The lowest BCUT2D eigenvalue weighted by Gasteiger charge is -2.35. The summed E-state index contributed by atoms with van der Waals surface area (Å²) in [6.07, 6.45) is 2.34. The first-order valence-electron chi connectivity index (χ1n) is 11.2. The van der Waals surface area contributed by atoms with Crippen molar-refractivity contribution in [1.29, 1.82) is 0 Å². The molecule has 0 radical (unpaired) electrons. The quantitative estimate of drug-likeness (QED) is 0.733. The van der Waals surface area contributed by atoms with E-state index in [0.717, 1.165) is 19.3 Å². The molecule has 0 saturated carbocycles. The Balaban J connectivity index is 1.73. The second kappa shape index (κ2) is 8.77. The lowest BCUT2D eigenvalue weighted by Crippen LogP contribution is -2.49. The van der Waals surface area contributed by atoms with Crippen LogP contribution in [0.2, 0.25) is 0 Å². The molecule has 31 heavy (non-hydrogen) atoms. The number of sulfonamides is 1. The molecule has 0 aromatic heterocycles. The predicted octanol–water partition coefficient (Wildman–Crippen LogP) is 4.30. The third-order valence-electron chi connectivity index (χ3n) is 6.61. The Morgan fingerprint density at radius 2 is 1.77 bits per heavy atom. The van der Waals surface area contributed by atoms with Crippen molar-refractivity contribution < 1.29 is 13.2 Å². The Morgan fingerprint density at radius 1 is 1.19 bits per heavy atom. The number of rotatable bonds is 5. The predicted molar refractivity (Wildman–Crippen MR) is 126 cm³/mol. The van der Waals surface area contributed by atoms with Gasteiger partial charge in [-0.25, -0.2) is 0 Å². The number of carbonyl (C=O) groups is 1. The van der Waals surface area contributed by atoms with Gasteiger partial charge >= 0.3 is 0 Å². The standard InChI is InChI=1S/C24H35N3O3S/c1-7-24(5,6)23(28)25-20-12-14-27(15-13-20)22-17(4)21(31(29,30)26-22)19-10-8-18(9-11-19)16(2)3/h8-11,16,20H,7,12-15H2,1-6H3,(H,25,28). The van der Waals surface area contributed by atoms with E-state index in [1.807, 2.05) is 56.9 Å². The molecule has 0 atom stereocenters. The van der Waals surface area contributed by atoms with Gasteiger partial charge < -0.3 is 10.2 Å². The number of piperidine rings is 1. The highest BCUT2D eigenvalue weighted by Crippen LogP contribution is 2.35. The Hall–Kier alpha value is -2.15. The third-order valence-corrected chi connectivity index (χ3v) is 8.08. The van der Waals surface area contributed by atoms with Crippen LogP contribution in [0, 0.1) is 5.41 Å². The number of likely N-dealkylation sites (tertiary alicyclic amines) is 1. The van der Waals surface area contributed by atoms with E-state index in [2.05, 4.69) is 23.6 Å². The molecule has 2 aliphatic heterocycles. The van der Waals surface area contributed by atoms with Crippen molar-refractivity contribution in [2.45, 2.75) is 72.8 Å². The third kappa shape index (κ3) is 4.86. The van der Waals surface area contributed by atoms with Gasteiger partial charge in [0.25, 0.3) is 10.0 Å². The number of benzene rings is 1. The van der Waals surface area contributed by atoms with E-state index in [1.54, 1.807) is 0 Å². The summed E-state index contributed by atoms with van der Waals surface area (Å²) in [5, 5.41) is 3.16. The van der Waals surface area contributed by atoms with Gasteiger partial charge in [0.1, 0.15) is 10.7 Å². The molecular weight excluding hydrogens is 410 g/mol. The van der Waals surface area contributed by atoms with Crippen LogP contribution in [0.25, 0.3) is 4.91 Å². The maximum Gasteiger partial charge on any atom is 0.285 e. The molecule has 2 heterocycles. The summed E-state index contributed by atoms with van der Waals surface area (Å²) >= 11 is 0. The van der Waals surface area contributed by atoms with E-state index < -0.39 is 10.0 Å². The summed E-state index contributed by atoms with van der Waals surface area (Å²) in [5.41, 5.74) is 2.19. The van der Waals surface area contributed by atoms with Crippen LogP contribution >= 0.6 is 0 Å².